The lowest BCUT2D eigenvalue weighted by Gasteiger charge is -2.08. The van der Waals surface area contributed by atoms with E-state index >= 15 is 0 Å². The molecule has 0 fully saturated rings. The minimum absolute atomic E-state index is 0.137. The first-order valence-electron chi connectivity index (χ1n) is 7.14. The molecular formula is C16H17N5O2. The number of ether oxygens (including phenoxy) is 2. The molecule has 0 bridgehead atoms. The van der Waals surface area contributed by atoms with E-state index in [4.69, 9.17) is 15.2 Å². The molecule has 0 spiro atoms. The summed E-state index contributed by atoms with van der Waals surface area (Å²) in [5, 5.41) is 0. The molecule has 1 aliphatic carbocycles. The fraction of sp³-hybridized carbons (Fsp3) is 0.188. The number of allylic oxidation sites excluding steroid dienone is 8. The van der Waals surface area contributed by atoms with Crippen LogP contribution in [-0.2, 0) is 4.74 Å². The molecule has 2 heterocycles. The Bertz CT molecular complexity index is 817. The van der Waals surface area contributed by atoms with Crippen LogP contribution in [-0.4, -0.2) is 39.8 Å². The lowest BCUT2D eigenvalue weighted by Crippen LogP contribution is -2.08. The number of fused-ring (bicyclic) bond motifs is 1. The minimum atomic E-state index is 0.137. The van der Waals surface area contributed by atoms with Gasteiger partial charge in [0.25, 0.3) is 0 Å². The van der Waals surface area contributed by atoms with Crippen molar-refractivity contribution in [3.8, 4) is 5.88 Å². The van der Waals surface area contributed by atoms with Gasteiger partial charge in [-0.3, -0.25) is 4.57 Å². The number of hydrogen-bond acceptors (Lipinski definition) is 6. The molecule has 0 radical (unpaired) electrons. The molecular weight excluding hydrogens is 294 g/mol. The van der Waals surface area contributed by atoms with Gasteiger partial charge in [-0.15, -0.1) is 0 Å². The van der Waals surface area contributed by atoms with Crippen molar-refractivity contribution in [3.05, 3.63) is 48.9 Å². The summed E-state index contributed by atoms with van der Waals surface area (Å²) in [6.07, 6.45) is 15.4. The second-order valence-electron chi connectivity index (χ2n) is 4.74. The predicted octanol–water partition coefficient (Wildman–Crippen LogP) is 1.96. The van der Waals surface area contributed by atoms with Crippen LogP contribution < -0.4 is 10.5 Å². The maximum absolute atomic E-state index is 5.81. The molecule has 1 aliphatic rings. The highest BCUT2D eigenvalue weighted by atomic mass is 16.5. The molecule has 0 aromatic carbocycles. The highest BCUT2D eigenvalue weighted by Crippen LogP contribution is 2.24. The van der Waals surface area contributed by atoms with Crippen molar-refractivity contribution >= 4 is 22.8 Å². The summed E-state index contributed by atoms with van der Waals surface area (Å²) >= 11 is 0. The van der Waals surface area contributed by atoms with Gasteiger partial charge in [0.15, 0.2) is 11.2 Å². The summed E-state index contributed by atoms with van der Waals surface area (Å²) in [5.74, 6) is 0.492. The van der Waals surface area contributed by atoms with Gasteiger partial charge in [-0.1, -0.05) is 30.4 Å². The molecule has 2 aromatic rings. The second-order valence-corrected chi connectivity index (χ2v) is 4.74. The highest BCUT2D eigenvalue weighted by Gasteiger charge is 2.14. The fourth-order valence-corrected chi connectivity index (χ4v) is 2.12. The molecule has 118 valence electrons. The van der Waals surface area contributed by atoms with Crippen molar-refractivity contribution in [2.24, 2.45) is 0 Å². The monoisotopic (exact) mass is 311 g/mol. The van der Waals surface area contributed by atoms with E-state index in [1.165, 1.54) is 0 Å². The average Bonchev–Trinajstić information content (AvgIpc) is 2.91. The number of nitrogen functional groups attached to an aromatic ring is 1. The van der Waals surface area contributed by atoms with Crippen LogP contribution >= 0.6 is 0 Å². The van der Waals surface area contributed by atoms with E-state index < -0.39 is 0 Å². The number of methoxy groups -OCH3 is 1. The number of imidazole rings is 1. The molecule has 0 aliphatic heterocycles. The quantitative estimate of drug-likeness (QED) is 0.849. The third-order valence-electron chi connectivity index (χ3n) is 3.16. The SMILES string of the molecule is COCCOc1nc(N)nc2c1ncn2C1=C/C=C\C=C/C=C\1. The molecule has 0 saturated carbocycles. The van der Waals surface area contributed by atoms with Crippen molar-refractivity contribution in [1.82, 2.24) is 19.5 Å². The molecule has 7 heteroatoms. The van der Waals surface area contributed by atoms with Gasteiger partial charge in [0, 0.05) is 12.8 Å². The van der Waals surface area contributed by atoms with Crippen LogP contribution in [0.4, 0.5) is 5.95 Å². The van der Waals surface area contributed by atoms with E-state index in [1.54, 1.807) is 13.4 Å². The third kappa shape index (κ3) is 3.29. The molecule has 2 aromatic heterocycles. The number of aromatic nitrogens is 4. The van der Waals surface area contributed by atoms with E-state index in [0.717, 1.165) is 5.70 Å². The Balaban J connectivity index is 2.03. The topological polar surface area (TPSA) is 88.1 Å². The van der Waals surface area contributed by atoms with Crippen molar-refractivity contribution < 1.29 is 9.47 Å². The minimum Gasteiger partial charge on any atom is -0.474 e. The highest BCUT2D eigenvalue weighted by molar-refractivity contribution is 5.82. The molecule has 0 amide bonds. The van der Waals surface area contributed by atoms with Crippen LogP contribution in [0.25, 0.3) is 16.9 Å². The Labute approximate surface area is 133 Å². The lowest BCUT2D eigenvalue weighted by atomic mass is 10.2. The number of anilines is 1. The van der Waals surface area contributed by atoms with Crippen LogP contribution in [0.2, 0.25) is 0 Å². The van der Waals surface area contributed by atoms with Gasteiger partial charge in [0.05, 0.1) is 6.61 Å². The Morgan fingerprint density at radius 2 is 1.91 bits per heavy atom. The Morgan fingerprint density at radius 3 is 2.78 bits per heavy atom. The fourth-order valence-electron chi connectivity index (χ4n) is 2.12. The van der Waals surface area contributed by atoms with Crippen LogP contribution in [0.15, 0.2) is 48.9 Å². The van der Waals surface area contributed by atoms with Crippen molar-refractivity contribution in [3.63, 3.8) is 0 Å². The van der Waals surface area contributed by atoms with Crippen LogP contribution in [0.5, 0.6) is 5.88 Å². The Morgan fingerprint density at radius 1 is 1.09 bits per heavy atom. The van der Waals surface area contributed by atoms with E-state index in [9.17, 15) is 0 Å². The van der Waals surface area contributed by atoms with Crippen molar-refractivity contribution in [1.29, 1.82) is 0 Å². The summed E-state index contributed by atoms with van der Waals surface area (Å²) in [7, 11) is 1.61. The Hall–Kier alpha value is -2.93. The molecule has 0 saturated heterocycles. The zero-order valence-electron chi connectivity index (χ0n) is 12.7. The van der Waals surface area contributed by atoms with Gasteiger partial charge < -0.3 is 15.2 Å². The maximum Gasteiger partial charge on any atom is 0.247 e. The smallest absolute Gasteiger partial charge is 0.247 e. The molecule has 3 rings (SSSR count). The zero-order chi connectivity index (χ0) is 16.1. The normalized spacial score (nSPS) is 20.3. The van der Waals surface area contributed by atoms with E-state index in [1.807, 2.05) is 47.1 Å². The summed E-state index contributed by atoms with van der Waals surface area (Å²) in [5.41, 5.74) is 7.87. The van der Waals surface area contributed by atoms with Gasteiger partial charge in [0.1, 0.15) is 12.9 Å². The average molecular weight is 311 g/mol. The van der Waals surface area contributed by atoms with E-state index in [0.29, 0.717) is 30.3 Å². The molecule has 0 unspecified atom stereocenters. The summed E-state index contributed by atoms with van der Waals surface area (Å²) in [4.78, 5) is 12.8. The first-order chi connectivity index (χ1) is 11.3. The number of nitrogens with zero attached hydrogens (tertiary/aromatic N) is 4. The third-order valence-corrected chi connectivity index (χ3v) is 3.16. The Kier molecular flexibility index (Phi) is 4.49. The molecule has 0 atom stereocenters. The first kappa shape index (κ1) is 15.0. The number of rotatable bonds is 5. The van der Waals surface area contributed by atoms with Gasteiger partial charge in [-0.2, -0.15) is 9.97 Å². The summed E-state index contributed by atoms with van der Waals surface area (Å²) in [6, 6.07) is 0. The second kappa shape index (κ2) is 6.89. The van der Waals surface area contributed by atoms with Gasteiger partial charge >= 0.3 is 0 Å². The zero-order valence-corrected chi connectivity index (χ0v) is 12.7. The van der Waals surface area contributed by atoms with E-state index in [2.05, 4.69) is 15.0 Å². The van der Waals surface area contributed by atoms with Gasteiger partial charge in [-0.05, 0) is 12.2 Å². The maximum atomic E-state index is 5.81. The van der Waals surface area contributed by atoms with Crippen LogP contribution in [0, 0.1) is 0 Å². The number of hydrogen-bond donors (Lipinski definition) is 1. The van der Waals surface area contributed by atoms with Crippen molar-refractivity contribution in [2.75, 3.05) is 26.1 Å². The van der Waals surface area contributed by atoms with Crippen LogP contribution in [0.1, 0.15) is 0 Å². The van der Waals surface area contributed by atoms with Crippen molar-refractivity contribution in [2.45, 2.75) is 0 Å². The summed E-state index contributed by atoms with van der Waals surface area (Å²) < 4.78 is 12.4. The summed E-state index contributed by atoms with van der Waals surface area (Å²) in [6.45, 7) is 0.822. The lowest BCUT2D eigenvalue weighted by molar-refractivity contribution is 0.144. The van der Waals surface area contributed by atoms with E-state index in [-0.39, 0.29) is 5.95 Å². The van der Waals surface area contributed by atoms with Gasteiger partial charge in [-0.25, -0.2) is 4.98 Å². The van der Waals surface area contributed by atoms with Gasteiger partial charge in [0.2, 0.25) is 11.8 Å². The van der Waals surface area contributed by atoms with Crippen LogP contribution in [0.3, 0.4) is 0 Å². The molecule has 2 N–H and O–H groups in total. The largest absolute Gasteiger partial charge is 0.474 e. The number of nitrogens with two attached hydrogens (primary N) is 1. The standard InChI is InChI=1S/C16H17N5O2/c1-22-9-10-23-15-13-14(19-16(17)20-15)21(11-18-13)12-7-5-3-2-4-6-8-12/h2-8,11H,9-10H2,1H3,(H2,17,19,20)/b3-2-,4-2?,5-3?,6-4-,7-5-,8-6?,12-7?,12-8+. The first-order valence-corrected chi connectivity index (χ1v) is 7.14. The predicted molar refractivity (Wildman–Crippen MR) is 88.8 cm³/mol. The molecule has 7 nitrogen and oxygen atoms in total. The molecule has 23 heavy (non-hydrogen) atoms.